The van der Waals surface area contributed by atoms with E-state index in [9.17, 15) is 0 Å². The highest BCUT2D eigenvalue weighted by molar-refractivity contribution is 5.85. The molecule has 2 rings (SSSR count). The minimum Gasteiger partial charge on any atom is -0.508 e. The molecule has 0 spiro atoms. The third-order valence-electron chi connectivity index (χ3n) is 3.32. The van der Waals surface area contributed by atoms with E-state index in [2.05, 4.69) is 38.2 Å². The Balaban J connectivity index is 0.000000469. The third-order valence-corrected chi connectivity index (χ3v) is 3.32. The van der Waals surface area contributed by atoms with Crippen LogP contribution in [0.4, 0.5) is 0 Å². The van der Waals surface area contributed by atoms with Gasteiger partial charge in [-0.15, -0.1) is 12.3 Å². The molecule has 23 heavy (non-hydrogen) atoms. The zero-order valence-corrected chi connectivity index (χ0v) is 15.5. The molecule has 0 saturated carbocycles. The molecule has 2 N–H and O–H groups in total. The normalized spacial score (nSPS) is 13.0. The standard InChI is InChI=1S/2C10H14O.ClH/c2*1-10(2,3)8-4-6-9(11)7-5-8;/h2*4-7,11H,1-3H3;1H/i6D,7D;;/hD2. The lowest BCUT2D eigenvalue weighted by Gasteiger charge is -2.18. The van der Waals surface area contributed by atoms with E-state index >= 15 is 0 Å². The van der Waals surface area contributed by atoms with Gasteiger partial charge in [0.05, 0.1) is 2.74 Å². The fraction of sp³-hybridized carbons (Fsp3) is 0.400. The van der Waals surface area contributed by atoms with Crippen molar-refractivity contribution in [2.24, 2.45) is 0 Å². The van der Waals surface area contributed by atoms with Crippen molar-refractivity contribution in [2.75, 3.05) is 0 Å². The summed E-state index contributed by atoms with van der Waals surface area (Å²) in [7, 11) is 0. The number of benzene rings is 2. The van der Waals surface area contributed by atoms with Gasteiger partial charge in [-0.05, 0) is 46.2 Å². The van der Waals surface area contributed by atoms with Gasteiger partial charge >= 0.3 is 0 Å². The maximum absolute atomic E-state index is 9.02. The summed E-state index contributed by atoms with van der Waals surface area (Å²) in [5, 5.41) is 13.2. The van der Waals surface area contributed by atoms with E-state index in [4.69, 9.17) is 10.5 Å². The van der Waals surface area contributed by atoms with Gasteiger partial charge in [0.25, 0.3) is 1.43 Å². The molecule has 128 valence electrons. The second-order valence-corrected chi connectivity index (χ2v) is 7.41. The van der Waals surface area contributed by atoms with E-state index in [-0.39, 0.29) is 28.7 Å². The quantitative estimate of drug-likeness (QED) is 0.688. The SMILES string of the molecule is CC(C)(C)c1ccc(O)cc1.[2H]Cl.[2H]Oc1c([2H])cc(C(C)(C)C)cc1[2H]. The summed E-state index contributed by atoms with van der Waals surface area (Å²) >= 11 is 3.89. The summed E-state index contributed by atoms with van der Waals surface area (Å²) in [4.78, 5) is 0. The summed E-state index contributed by atoms with van der Waals surface area (Å²) in [5.74, 6) is 0.344. The molecule has 0 aliphatic rings. The number of halogens is 1. The molecule has 0 radical (unpaired) electrons. The number of aromatic hydroxyl groups is 2. The molecule has 2 aromatic rings. The third kappa shape index (κ3) is 7.43. The van der Waals surface area contributed by atoms with Crippen molar-refractivity contribution in [1.82, 2.24) is 0 Å². The van der Waals surface area contributed by atoms with Crippen LogP contribution in [0.3, 0.4) is 0 Å². The van der Waals surface area contributed by atoms with Gasteiger partial charge < -0.3 is 10.2 Å². The molecule has 2 nitrogen and oxygen atoms in total. The van der Waals surface area contributed by atoms with E-state index in [0.717, 1.165) is 5.56 Å². The first-order chi connectivity index (χ1) is 12.4. The van der Waals surface area contributed by atoms with E-state index in [1.54, 1.807) is 24.3 Å². The number of phenolic OH excluding ortho intramolecular Hbond substituents is 2. The van der Waals surface area contributed by atoms with Crippen molar-refractivity contribution in [2.45, 2.75) is 52.4 Å². The fourth-order valence-electron chi connectivity index (χ4n) is 1.76. The minimum atomic E-state index is -0.0911. The Morgan fingerprint density at radius 1 is 0.783 bits per heavy atom. The van der Waals surface area contributed by atoms with Gasteiger partial charge in [0.2, 0.25) is 0 Å². The maximum Gasteiger partial charge on any atom is 0.293 e. The van der Waals surface area contributed by atoms with Crippen LogP contribution in [0.1, 0.15) is 55.4 Å². The molecule has 0 aromatic heterocycles. The molecule has 0 aliphatic heterocycles. The minimum absolute atomic E-state index is 0.0120. The summed E-state index contributed by atoms with van der Waals surface area (Å²) in [6, 6.07) is 10.8. The Bertz CT molecular complexity index is 682. The first-order valence-corrected chi connectivity index (χ1v) is 7.40. The lowest BCUT2D eigenvalue weighted by molar-refractivity contribution is 0.473. The van der Waals surface area contributed by atoms with E-state index in [0.29, 0.717) is 5.75 Å². The summed E-state index contributed by atoms with van der Waals surface area (Å²) in [6.07, 6.45) is 0. The van der Waals surface area contributed by atoms with Crippen LogP contribution in [-0.4, -0.2) is 12.8 Å². The van der Waals surface area contributed by atoms with Crippen molar-refractivity contribution < 1.29 is 13.0 Å². The Hall–Kier alpha value is -1.67. The van der Waals surface area contributed by atoms with Crippen molar-refractivity contribution in [3.05, 3.63) is 59.6 Å². The van der Waals surface area contributed by atoms with Gasteiger partial charge in [-0.2, -0.15) is 0 Å². The fourth-order valence-corrected chi connectivity index (χ4v) is 1.76. The lowest BCUT2D eigenvalue weighted by atomic mass is 9.87. The second kappa shape index (κ2) is 8.26. The second-order valence-electron chi connectivity index (χ2n) is 7.41. The molecule has 0 atom stereocenters. The van der Waals surface area contributed by atoms with Crippen LogP contribution in [0, 0.1) is 0 Å². The topological polar surface area (TPSA) is 40.5 Å². The monoisotopic (exact) mass is 340 g/mol. The number of rotatable bonds is 1. The van der Waals surface area contributed by atoms with E-state index < -0.39 is 0 Å². The van der Waals surface area contributed by atoms with Crippen molar-refractivity contribution >= 4 is 12.3 Å². The summed E-state index contributed by atoms with van der Waals surface area (Å²) in [6.45, 7) is 12.5. The van der Waals surface area contributed by atoms with Gasteiger partial charge in [-0.25, -0.2) is 0 Å². The Kier molecular flexibility index (Phi) is 5.35. The molecule has 0 heterocycles. The largest absolute Gasteiger partial charge is 0.508 e. The molecule has 0 amide bonds. The van der Waals surface area contributed by atoms with Crippen LogP contribution in [0.2, 0.25) is 0 Å². The summed E-state index contributed by atoms with van der Waals surface area (Å²) in [5.41, 5.74) is 2.24. The molecule has 0 unspecified atom stereocenters. The first kappa shape index (κ1) is 14.9. The van der Waals surface area contributed by atoms with E-state index in [1.807, 2.05) is 32.9 Å². The molecule has 0 fully saturated rings. The number of hydrogen-bond acceptors (Lipinski definition) is 2. The zero-order valence-electron chi connectivity index (χ0n) is 18.7. The Morgan fingerprint density at radius 2 is 1.17 bits per heavy atom. The lowest BCUT2D eigenvalue weighted by Crippen LogP contribution is -2.10. The van der Waals surface area contributed by atoms with Crippen molar-refractivity contribution in [3.63, 3.8) is 0 Å². The average Bonchev–Trinajstić information content (AvgIpc) is 2.56. The van der Waals surface area contributed by atoms with Crippen LogP contribution < -0.4 is 0 Å². The van der Waals surface area contributed by atoms with Crippen LogP contribution in [0.5, 0.6) is 11.5 Å². The predicted octanol–water partition coefficient (Wildman–Crippen LogP) is 5.80. The van der Waals surface area contributed by atoms with Crippen molar-refractivity contribution in [1.29, 1.82) is 2.60 Å². The average molecular weight is 341 g/mol. The van der Waals surface area contributed by atoms with Gasteiger partial charge in [0.15, 0.2) is 0 Å². The van der Waals surface area contributed by atoms with Gasteiger partial charge in [-0.1, -0.05) is 65.8 Å². The highest BCUT2D eigenvalue weighted by Gasteiger charge is 2.13. The van der Waals surface area contributed by atoms with E-state index in [1.165, 1.54) is 5.56 Å². The van der Waals surface area contributed by atoms with Crippen LogP contribution in [0.15, 0.2) is 48.5 Å². The molecule has 0 bridgehead atoms. The predicted molar refractivity (Wildman–Crippen MR) is 101 cm³/mol. The Labute approximate surface area is 152 Å². The number of hydrogen-bond donors (Lipinski definition) is 2. The smallest absolute Gasteiger partial charge is 0.293 e. The highest BCUT2D eigenvalue weighted by Crippen LogP contribution is 2.24. The Morgan fingerprint density at radius 3 is 1.52 bits per heavy atom. The van der Waals surface area contributed by atoms with Crippen LogP contribution in [0.25, 0.3) is 0 Å². The highest BCUT2D eigenvalue weighted by atomic mass is 35.5. The maximum atomic E-state index is 9.02. The molecular formula is C20H29ClO2. The van der Waals surface area contributed by atoms with Gasteiger partial charge in [0.1, 0.15) is 12.7 Å². The van der Waals surface area contributed by atoms with Crippen LogP contribution >= 0.6 is 12.3 Å². The van der Waals surface area contributed by atoms with Gasteiger partial charge in [-0.3, -0.25) is 0 Å². The molecule has 3 heteroatoms. The molecule has 0 saturated heterocycles. The van der Waals surface area contributed by atoms with Gasteiger partial charge in [0, 0.05) is 0 Å². The first-order valence-electron chi connectivity index (χ1n) is 9.19. The molecular weight excluding hydrogens is 308 g/mol. The van der Waals surface area contributed by atoms with Crippen molar-refractivity contribution in [3.8, 4) is 11.5 Å². The molecule has 2 aromatic carbocycles. The summed E-state index contributed by atoms with van der Waals surface area (Å²) < 4.78 is 27.1. The zero-order chi connectivity index (χ0) is 21.4. The molecule has 0 aliphatic carbocycles. The van der Waals surface area contributed by atoms with Crippen LogP contribution in [-0.2, 0) is 10.8 Å². The number of phenols is 2.